The van der Waals surface area contributed by atoms with Crippen LogP contribution < -0.4 is 10.6 Å². The molecule has 0 unspecified atom stereocenters. The van der Waals surface area contributed by atoms with Crippen LogP contribution in [0.3, 0.4) is 0 Å². The molecule has 1 saturated heterocycles. The van der Waals surface area contributed by atoms with Gasteiger partial charge in [0.05, 0.1) is 0 Å². The molecule has 0 bridgehead atoms. The lowest BCUT2D eigenvalue weighted by molar-refractivity contribution is 0.423. The largest absolute Gasteiger partial charge is 0.371 e. The van der Waals surface area contributed by atoms with Gasteiger partial charge in [0.25, 0.3) is 0 Å². The highest BCUT2D eigenvalue weighted by Crippen LogP contribution is 2.21. The Bertz CT molecular complexity index is 271. The number of hydrogen-bond acceptors (Lipinski definition) is 2. The predicted octanol–water partition coefficient (Wildman–Crippen LogP) is 1.86. The van der Waals surface area contributed by atoms with Crippen molar-refractivity contribution in [2.75, 3.05) is 24.5 Å². The van der Waals surface area contributed by atoms with Crippen molar-refractivity contribution in [3.05, 3.63) is 30.3 Å². The molecule has 0 aliphatic carbocycles. The summed E-state index contributed by atoms with van der Waals surface area (Å²) < 4.78 is 0. The molecule has 0 spiro atoms. The lowest BCUT2D eigenvalue weighted by Crippen LogP contribution is -2.38. The van der Waals surface area contributed by atoms with Crippen LogP contribution in [0.1, 0.15) is 12.8 Å². The number of hydrogen-bond donors (Lipinski definition) is 1. The van der Waals surface area contributed by atoms with Gasteiger partial charge in [-0.2, -0.15) is 0 Å². The first-order valence-electron chi connectivity index (χ1n) is 5.40. The van der Waals surface area contributed by atoms with Crippen molar-refractivity contribution in [1.82, 2.24) is 0 Å². The number of para-hydroxylation sites is 1. The fourth-order valence-corrected chi connectivity index (χ4v) is 2.13. The molecule has 2 N–H and O–H groups in total. The number of anilines is 1. The van der Waals surface area contributed by atoms with Gasteiger partial charge < -0.3 is 10.6 Å². The summed E-state index contributed by atoms with van der Waals surface area (Å²) in [6.45, 7) is 3.13. The van der Waals surface area contributed by atoms with Crippen LogP contribution in [0.4, 0.5) is 5.69 Å². The molecule has 0 aromatic heterocycles. The molecule has 1 fully saturated rings. The average molecular weight is 190 g/mol. The first-order valence-corrected chi connectivity index (χ1v) is 5.40. The van der Waals surface area contributed by atoms with Crippen molar-refractivity contribution in [3.63, 3.8) is 0 Å². The number of piperidine rings is 1. The molecular weight excluding hydrogens is 172 g/mol. The van der Waals surface area contributed by atoms with E-state index >= 15 is 0 Å². The van der Waals surface area contributed by atoms with Crippen LogP contribution in [-0.2, 0) is 0 Å². The summed E-state index contributed by atoms with van der Waals surface area (Å²) >= 11 is 0. The Kier molecular flexibility index (Phi) is 3.04. The van der Waals surface area contributed by atoms with Gasteiger partial charge in [-0.05, 0) is 37.4 Å². The van der Waals surface area contributed by atoms with Crippen molar-refractivity contribution < 1.29 is 0 Å². The van der Waals surface area contributed by atoms with E-state index in [1.165, 1.54) is 25.1 Å². The number of rotatable bonds is 2. The summed E-state index contributed by atoms with van der Waals surface area (Å²) in [7, 11) is 0. The quantitative estimate of drug-likeness (QED) is 0.771. The molecule has 0 amide bonds. The van der Waals surface area contributed by atoms with Crippen LogP contribution in [0.5, 0.6) is 0 Å². The Hall–Kier alpha value is -1.02. The van der Waals surface area contributed by atoms with E-state index in [0.717, 1.165) is 13.1 Å². The molecule has 14 heavy (non-hydrogen) atoms. The van der Waals surface area contributed by atoms with Crippen LogP contribution in [0.15, 0.2) is 30.3 Å². The van der Waals surface area contributed by atoms with E-state index in [4.69, 9.17) is 5.73 Å². The van der Waals surface area contributed by atoms with Crippen LogP contribution in [0.25, 0.3) is 0 Å². The summed E-state index contributed by atoms with van der Waals surface area (Å²) in [6, 6.07) is 10.6. The Morgan fingerprint density at radius 2 is 2.07 bits per heavy atom. The highest BCUT2D eigenvalue weighted by molar-refractivity contribution is 5.46. The highest BCUT2D eigenvalue weighted by Gasteiger charge is 2.18. The molecule has 1 atom stereocenters. The fourth-order valence-electron chi connectivity index (χ4n) is 2.13. The smallest absolute Gasteiger partial charge is 0.0366 e. The zero-order chi connectivity index (χ0) is 9.80. The lowest BCUT2D eigenvalue weighted by Gasteiger charge is -2.33. The van der Waals surface area contributed by atoms with Gasteiger partial charge in [0.1, 0.15) is 0 Å². The van der Waals surface area contributed by atoms with Gasteiger partial charge in [-0.15, -0.1) is 0 Å². The molecule has 1 aromatic carbocycles. The molecule has 0 radical (unpaired) electrons. The Balaban J connectivity index is 2.04. The lowest BCUT2D eigenvalue weighted by atomic mass is 9.98. The van der Waals surface area contributed by atoms with E-state index in [1.807, 2.05) is 0 Å². The zero-order valence-corrected chi connectivity index (χ0v) is 8.52. The van der Waals surface area contributed by atoms with E-state index in [1.54, 1.807) is 0 Å². The van der Waals surface area contributed by atoms with Crippen molar-refractivity contribution in [3.8, 4) is 0 Å². The van der Waals surface area contributed by atoms with Gasteiger partial charge in [0.2, 0.25) is 0 Å². The second-order valence-electron chi connectivity index (χ2n) is 4.03. The topological polar surface area (TPSA) is 29.3 Å². The van der Waals surface area contributed by atoms with Gasteiger partial charge in [-0.3, -0.25) is 0 Å². The summed E-state index contributed by atoms with van der Waals surface area (Å²) in [5.41, 5.74) is 7.06. The molecule has 1 aliphatic rings. The molecular formula is C12H18N2. The Labute approximate surface area is 85.7 Å². The molecule has 1 aliphatic heterocycles. The zero-order valence-electron chi connectivity index (χ0n) is 8.52. The summed E-state index contributed by atoms with van der Waals surface area (Å²) in [6.07, 6.45) is 2.57. The van der Waals surface area contributed by atoms with E-state index in [9.17, 15) is 0 Å². The number of nitrogens with two attached hydrogens (primary N) is 1. The van der Waals surface area contributed by atoms with Gasteiger partial charge in [-0.25, -0.2) is 0 Å². The predicted molar refractivity (Wildman–Crippen MR) is 60.4 cm³/mol. The first kappa shape index (κ1) is 9.53. The maximum Gasteiger partial charge on any atom is 0.0366 e. The number of nitrogens with zero attached hydrogens (tertiary/aromatic N) is 1. The van der Waals surface area contributed by atoms with Gasteiger partial charge in [0.15, 0.2) is 0 Å². The second-order valence-corrected chi connectivity index (χ2v) is 4.03. The first-order chi connectivity index (χ1) is 6.90. The molecule has 1 heterocycles. The minimum absolute atomic E-state index is 0.684. The van der Waals surface area contributed by atoms with E-state index in [-0.39, 0.29) is 0 Å². The van der Waals surface area contributed by atoms with E-state index < -0.39 is 0 Å². The maximum absolute atomic E-state index is 5.72. The molecule has 76 valence electrons. The van der Waals surface area contributed by atoms with Crippen LogP contribution in [-0.4, -0.2) is 19.6 Å². The van der Waals surface area contributed by atoms with Crippen molar-refractivity contribution in [2.45, 2.75) is 12.8 Å². The fraction of sp³-hybridized carbons (Fsp3) is 0.500. The number of benzene rings is 1. The van der Waals surface area contributed by atoms with Crippen LogP contribution in [0, 0.1) is 5.92 Å². The monoisotopic (exact) mass is 190 g/mol. The average Bonchev–Trinajstić information content (AvgIpc) is 2.30. The van der Waals surface area contributed by atoms with E-state index in [2.05, 4.69) is 35.2 Å². The Morgan fingerprint density at radius 1 is 1.29 bits per heavy atom. The second kappa shape index (κ2) is 4.47. The summed E-state index contributed by atoms with van der Waals surface area (Å²) in [5.74, 6) is 0.684. The minimum Gasteiger partial charge on any atom is -0.371 e. The molecule has 2 nitrogen and oxygen atoms in total. The van der Waals surface area contributed by atoms with Gasteiger partial charge in [0, 0.05) is 18.8 Å². The molecule has 2 rings (SSSR count). The molecule has 2 heteroatoms. The molecule has 1 aromatic rings. The van der Waals surface area contributed by atoms with Crippen molar-refractivity contribution in [2.24, 2.45) is 11.7 Å². The summed E-state index contributed by atoms with van der Waals surface area (Å²) in [5, 5.41) is 0. The van der Waals surface area contributed by atoms with E-state index in [0.29, 0.717) is 5.92 Å². The van der Waals surface area contributed by atoms with Crippen LogP contribution in [0.2, 0.25) is 0 Å². The van der Waals surface area contributed by atoms with Gasteiger partial charge in [-0.1, -0.05) is 18.2 Å². The molecule has 0 saturated carbocycles. The summed E-state index contributed by atoms with van der Waals surface area (Å²) in [4.78, 5) is 2.45. The third kappa shape index (κ3) is 2.07. The van der Waals surface area contributed by atoms with Crippen LogP contribution >= 0.6 is 0 Å². The van der Waals surface area contributed by atoms with Gasteiger partial charge >= 0.3 is 0 Å². The maximum atomic E-state index is 5.72. The third-order valence-electron chi connectivity index (χ3n) is 2.97. The van der Waals surface area contributed by atoms with Crippen molar-refractivity contribution in [1.29, 1.82) is 0 Å². The normalized spacial score (nSPS) is 22.4. The standard InChI is InChI=1S/C12H18N2/c13-9-11-5-4-8-14(10-11)12-6-2-1-3-7-12/h1-3,6-7,11H,4-5,8-10,13H2/t11-/m0/s1. The Morgan fingerprint density at radius 3 is 2.79 bits per heavy atom. The van der Waals surface area contributed by atoms with Crippen molar-refractivity contribution >= 4 is 5.69 Å². The highest BCUT2D eigenvalue weighted by atomic mass is 15.1. The minimum atomic E-state index is 0.684. The third-order valence-corrected chi connectivity index (χ3v) is 2.97. The SMILES string of the molecule is NC[C@@H]1CCCN(c2ccccc2)C1.